The molecule has 0 atom stereocenters. The molecule has 1 fully saturated rings. The third-order valence-corrected chi connectivity index (χ3v) is 3.51. The highest BCUT2D eigenvalue weighted by Gasteiger charge is 2.32. The monoisotopic (exact) mass is 300 g/mol. The van der Waals surface area contributed by atoms with E-state index in [0.717, 1.165) is 25.9 Å². The largest absolute Gasteiger partial charge is 0.481 e. The first-order chi connectivity index (χ1) is 9.49. The van der Waals surface area contributed by atoms with Gasteiger partial charge in [-0.25, -0.2) is 4.79 Å². The molecular formula is C15H28N2O4. The van der Waals surface area contributed by atoms with Gasteiger partial charge in [-0.05, 0) is 47.5 Å². The number of aliphatic carboxylic acids is 1. The van der Waals surface area contributed by atoms with Crippen LogP contribution in [0, 0.1) is 5.41 Å². The number of carboxylic acid groups (broad SMARTS) is 1. The van der Waals surface area contributed by atoms with E-state index in [1.165, 1.54) is 0 Å². The molecule has 6 heteroatoms. The Bertz CT molecular complexity index is 380. The molecule has 1 saturated heterocycles. The van der Waals surface area contributed by atoms with Crippen molar-refractivity contribution >= 4 is 12.1 Å². The summed E-state index contributed by atoms with van der Waals surface area (Å²) in [5.74, 6) is -0.781. The molecule has 122 valence electrons. The fraction of sp³-hybridized carbons (Fsp3) is 0.867. The lowest BCUT2D eigenvalue weighted by atomic mass is 9.91. The normalized spacial score (nSPS) is 18.3. The first-order valence-corrected chi connectivity index (χ1v) is 7.45. The van der Waals surface area contributed by atoms with E-state index in [0.29, 0.717) is 6.54 Å². The van der Waals surface area contributed by atoms with Gasteiger partial charge < -0.3 is 20.1 Å². The molecule has 6 nitrogen and oxygen atoms in total. The van der Waals surface area contributed by atoms with Crippen LogP contribution >= 0.6 is 0 Å². The van der Waals surface area contributed by atoms with Crippen molar-refractivity contribution in [3.63, 3.8) is 0 Å². The summed E-state index contributed by atoms with van der Waals surface area (Å²) in [6.45, 7) is 11.1. The summed E-state index contributed by atoms with van der Waals surface area (Å²) < 4.78 is 5.24. The van der Waals surface area contributed by atoms with Crippen LogP contribution in [0.25, 0.3) is 0 Å². The maximum absolute atomic E-state index is 11.7. The van der Waals surface area contributed by atoms with Crippen molar-refractivity contribution in [2.24, 2.45) is 5.41 Å². The number of carbonyl (C=O) groups is 2. The molecule has 0 aromatic heterocycles. The van der Waals surface area contributed by atoms with Gasteiger partial charge in [0.05, 0.1) is 5.41 Å². The van der Waals surface area contributed by atoms with Gasteiger partial charge >= 0.3 is 12.1 Å². The molecule has 0 aromatic carbocycles. The number of amides is 1. The topological polar surface area (TPSA) is 78.9 Å². The lowest BCUT2D eigenvalue weighted by Crippen LogP contribution is -2.48. The quantitative estimate of drug-likeness (QED) is 0.831. The highest BCUT2D eigenvalue weighted by molar-refractivity contribution is 5.73. The van der Waals surface area contributed by atoms with E-state index in [2.05, 4.69) is 10.2 Å². The smallest absolute Gasteiger partial charge is 0.407 e. The zero-order chi connectivity index (χ0) is 16.3. The van der Waals surface area contributed by atoms with Crippen LogP contribution in [0.15, 0.2) is 0 Å². The average Bonchev–Trinajstić information content (AvgIpc) is 2.28. The third-order valence-electron chi connectivity index (χ3n) is 3.51. The van der Waals surface area contributed by atoms with Crippen LogP contribution in [0.1, 0.15) is 47.5 Å². The number of likely N-dealkylation sites (tertiary alicyclic amines) is 1. The van der Waals surface area contributed by atoms with E-state index in [9.17, 15) is 9.59 Å². The van der Waals surface area contributed by atoms with Gasteiger partial charge in [0.15, 0.2) is 0 Å². The van der Waals surface area contributed by atoms with Crippen LogP contribution in [0.2, 0.25) is 0 Å². The molecule has 0 bridgehead atoms. The van der Waals surface area contributed by atoms with E-state index in [4.69, 9.17) is 9.84 Å². The van der Waals surface area contributed by atoms with E-state index in [-0.39, 0.29) is 12.1 Å². The van der Waals surface area contributed by atoms with Gasteiger partial charge in [0, 0.05) is 25.7 Å². The Morgan fingerprint density at radius 2 is 1.71 bits per heavy atom. The van der Waals surface area contributed by atoms with Gasteiger partial charge in [-0.3, -0.25) is 4.79 Å². The molecule has 2 N–H and O–H groups in total. The predicted octanol–water partition coefficient (Wildman–Crippen LogP) is 2.09. The number of rotatable bonds is 4. The van der Waals surface area contributed by atoms with Crippen LogP contribution in [0.3, 0.4) is 0 Å². The predicted molar refractivity (Wildman–Crippen MR) is 80.2 cm³/mol. The number of carboxylic acids is 1. The Balaban J connectivity index is 2.36. The average molecular weight is 300 g/mol. The number of nitrogens with one attached hydrogen (secondary N) is 1. The standard InChI is InChI=1S/C15H28N2O4/c1-14(2,3)21-13(20)16-11-6-8-17(9-7-11)10-15(4,5)12(18)19/h11H,6-10H2,1-5H3,(H,16,20)(H,18,19). The first kappa shape index (κ1) is 17.8. The SMILES string of the molecule is CC(C)(C)OC(=O)NC1CCN(CC(C)(C)C(=O)O)CC1. The summed E-state index contributed by atoms with van der Waals surface area (Å²) in [5.41, 5.74) is -1.23. The number of hydrogen-bond acceptors (Lipinski definition) is 4. The van der Waals surface area contributed by atoms with Crippen molar-refractivity contribution in [2.75, 3.05) is 19.6 Å². The molecule has 1 heterocycles. The van der Waals surface area contributed by atoms with Crippen LogP contribution in [0.4, 0.5) is 4.79 Å². The second kappa shape index (κ2) is 6.64. The number of hydrogen-bond donors (Lipinski definition) is 2. The number of nitrogens with zero attached hydrogens (tertiary/aromatic N) is 1. The van der Waals surface area contributed by atoms with E-state index in [1.807, 2.05) is 20.8 Å². The van der Waals surface area contributed by atoms with Crippen molar-refractivity contribution < 1.29 is 19.4 Å². The Labute approximate surface area is 126 Å². The maximum Gasteiger partial charge on any atom is 0.407 e. The molecule has 0 radical (unpaired) electrons. The highest BCUT2D eigenvalue weighted by atomic mass is 16.6. The number of carbonyl (C=O) groups excluding carboxylic acids is 1. The minimum absolute atomic E-state index is 0.101. The molecule has 1 aliphatic heterocycles. The second-order valence-corrected chi connectivity index (χ2v) is 7.39. The highest BCUT2D eigenvalue weighted by Crippen LogP contribution is 2.20. The van der Waals surface area contributed by atoms with Crippen LogP contribution in [0.5, 0.6) is 0 Å². The molecular weight excluding hydrogens is 272 g/mol. The molecule has 21 heavy (non-hydrogen) atoms. The molecule has 0 spiro atoms. The van der Waals surface area contributed by atoms with Crippen molar-refractivity contribution in [3.05, 3.63) is 0 Å². The molecule has 1 amide bonds. The third kappa shape index (κ3) is 6.33. The van der Waals surface area contributed by atoms with E-state index in [1.54, 1.807) is 13.8 Å². The zero-order valence-electron chi connectivity index (χ0n) is 13.7. The number of alkyl carbamates (subject to hydrolysis) is 1. The molecule has 1 aliphatic rings. The maximum atomic E-state index is 11.7. The summed E-state index contributed by atoms with van der Waals surface area (Å²) in [6.07, 6.45) is 1.25. The van der Waals surface area contributed by atoms with E-state index < -0.39 is 17.0 Å². The van der Waals surface area contributed by atoms with Crippen LogP contribution in [-0.2, 0) is 9.53 Å². The van der Waals surface area contributed by atoms with Crippen molar-refractivity contribution in [1.82, 2.24) is 10.2 Å². The first-order valence-electron chi connectivity index (χ1n) is 7.45. The Morgan fingerprint density at radius 1 is 1.19 bits per heavy atom. The summed E-state index contributed by atoms with van der Waals surface area (Å²) in [4.78, 5) is 25.0. The summed E-state index contributed by atoms with van der Waals surface area (Å²) >= 11 is 0. The Morgan fingerprint density at radius 3 is 2.14 bits per heavy atom. The van der Waals surface area contributed by atoms with Crippen LogP contribution < -0.4 is 5.32 Å². The fourth-order valence-corrected chi connectivity index (χ4v) is 2.34. The van der Waals surface area contributed by atoms with Gasteiger partial charge in [-0.15, -0.1) is 0 Å². The minimum atomic E-state index is -0.781. The van der Waals surface area contributed by atoms with Crippen LogP contribution in [-0.4, -0.2) is 53.3 Å². The Kier molecular flexibility index (Phi) is 5.61. The molecule has 1 rings (SSSR count). The van der Waals surface area contributed by atoms with Gasteiger partial charge in [0.1, 0.15) is 5.60 Å². The fourth-order valence-electron chi connectivity index (χ4n) is 2.34. The van der Waals surface area contributed by atoms with Crippen molar-refractivity contribution in [1.29, 1.82) is 0 Å². The lowest BCUT2D eigenvalue weighted by Gasteiger charge is -2.36. The summed E-state index contributed by atoms with van der Waals surface area (Å²) in [7, 11) is 0. The molecule has 0 aromatic rings. The zero-order valence-corrected chi connectivity index (χ0v) is 13.7. The van der Waals surface area contributed by atoms with Gasteiger partial charge in [0.25, 0.3) is 0 Å². The van der Waals surface area contributed by atoms with Gasteiger partial charge in [0.2, 0.25) is 0 Å². The second-order valence-electron chi connectivity index (χ2n) is 7.39. The van der Waals surface area contributed by atoms with E-state index >= 15 is 0 Å². The summed E-state index contributed by atoms with van der Waals surface area (Å²) in [6, 6.07) is 0.101. The number of piperidine rings is 1. The lowest BCUT2D eigenvalue weighted by molar-refractivity contribution is -0.148. The molecule has 0 unspecified atom stereocenters. The molecule has 0 saturated carbocycles. The Hall–Kier alpha value is -1.30. The van der Waals surface area contributed by atoms with Gasteiger partial charge in [-0.1, -0.05) is 0 Å². The summed E-state index contributed by atoms with van der Waals surface area (Å²) in [5, 5.41) is 12.0. The minimum Gasteiger partial charge on any atom is -0.481 e. The number of ether oxygens (including phenoxy) is 1. The molecule has 0 aliphatic carbocycles. The van der Waals surface area contributed by atoms with Crippen molar-refractivity contribution in [2.45, 2.75) is 59.1 Å². The van der Waals surface area contributed by atoms with Gasteiger partial charge in [-0.2, -0.15) is 0 Å². The van der Waals surface area contributed by atoms with Crippen molar-refractivity contribution in [3.8, 4) is 0 Å².